The first-order valence-corrected chi connectivity index (χ1v) is 7.59. The molecule has 3 heterocycles. The number of rotatable bonds is 2. The minimum atomic E-state index is 0.0429. The summed E-state index contributed by atoms with van der Waals surface area (Å²) in [5.74, 6) is 1.58. The Morgan fingerprint density at radius 3 is 2.74 bits per heavy atom. The maximum Gasteiger partial charge on any atom is 0.218 e. The van der Waals surface area contributed by atoms with Crippen LogP contribution in [-0.4, -0.2) is 32.7 Å². The average Bonchev–Trinajstić information content (AvgIpc) is 3.02. The van der Waals surface area contributed by atoms with Crippen molar-refractivity contribution < 1.29 is 4.74 Å². The Labute approximate surface area is 116 Å². The topological polar surface area (TPSA) is 55.2 Å². The maximum absolute atomic E-state index is 5.58. The normalized spacial score (nSPS) is 15.9. The van der Waals surface area contributed by atoms with Gasteiger partial charge in [-0.25, -0.2) is 4.52 Å². The molecule has 1 N–H and O–H groups in total. The van der Waals surface area contributed by atoms with Gasteiger partial charge in [0.1, 0.15) is 0 Å². The highest BCUT2D eigenvalue weighted by molar-refractivity contribution is 7.98. The van der Waals surface area contributed by atoms with Gasteiger partial charge in [0, 0.05) is 11.8 Å². The summed E-state index contributed by atoms with van der Waals surface area (Å²) in [5, 5.41) is 12.0. The van der Waals surface area contributed by atoms with E-state index in [2.05, 4.69) is 48.4 Å². The van der Waals surface area contributed by atoms with Gasteiger partial charge in [0.25, 0.3) is 0 Å². The number of nitrogens with one attached hydrogen (secondary N) is 1. The molecule has 0 radical (unpaired) electrons. The van der Waals surface area contributed by atoms with Crippen LogP contribution in [0.4, 0.5) is 0 Å². The fraction of sp³-hybridized carbons (Fsp3) is 0.538. The molecule has 0 bridgehead atoms. The van der Waals surface area contributed by atoms with Gasteiger partial charge in [-0.15, -0.1) is 22.0 Å². The third-order valence-electron chi connectivity index (χ3n) is 3.20. The highest BCUT2D eigenvalue weighted by atomic mass is 32.2. The van der Waals surface area contributed by atoms with Gasteiger partial charge >= 0.3 is 0 Å². The van der Waals surface area contributed by atoms with Gasteiger partial charge in [0.2, 0.25) is 5.82 Å². The van der Waals surface area contributed by atoms with Crippen LogP contribution in [-0.2, 0) is 10.2 Å². The first-order chi connectivity index (χ1) is 9.02. The molecule has 2 aromatic heterocycles. The highest BCUT2D eigenvalue weighted by Gasteiger charge is 2.26. The monoisotopic (exact) mass is 278 g/mol. The van der Waals surface area contributed by atoms with E-state index >= 15 is 0 Å². The second kappa shape index (κ2) is 4.30. The molecule has 0 spiro atoms. The molecule has 102 valence electrons. The smallest absolute Gasteiger partial charge is 0.218 e. The molecule has 0 saturated heterocycles. The minimum absolute atomic E-state index is 0.0429. The summed E-state index contributed by atoms with van der Waals surface area (Å²) in [6.45, 7) is 7.30. The van der Waals surface area contributed by atoms with Crippen LogP contribution in [0.25, 0.3) is 11.4 Å². The fourth-order valence-electron chi connectivity index (χ4n) is 2.25. The van der Waals surface area contributed by atoms with E-state index in [0.29, 0.717) is 0 Å². The largest absolute Gasteiger partial charge is 0.490 e. The molecular formula is C13H18N4OS. The summed E-state index contributed by atoms with van der Waals surface area (Å²) in [6, 6.07) is 0. The summed E-state index contributed by atoms with van der Waals surface area (Å²) in [4.78, 5) is 1.16. The van der Waals surface area contributed by atoms with Crippen molar-refractivity contribution in [2.24, 2.45) is 0 Å². The quantitative estimate of drug-likeness (QED) is 0.858. The van der Waals surface area contributed by atoms with E-state index < -0.39 is 0 Å². The van der Waals surface area contributed by atoms with Gasteiger partial charge in [-0.05, 0) is 12.3 Å². The third kappa shape index (κ3) is 1.94. The van der Waals surface area contributed by atoms with Crippen molar-refractivity contribution in [3.05, 3.63) is 17.6 Å². The van der Waals surface area contributed by atoms with E-state index in [1.54, 1.807) is 11.8 Å². The molecule has 0 amide bonds. The average molecular weight is 278 g/mol. The summed E-state index contributed by atoms with van der Waals surface area (Å²) in [7, 11) is 0. The number of ether oxygens (including phenoxy) is 1. The first-order valence-electron chi connectivity index (χ1n) is 6.37. The lowest BCUT2D eigenvalue weighted by Crippen LogP contribution is -2.13. The molecule has 5 nitrogen and oxygen atoms in total. The Balaban J connectivity index is 2.21. The van der Waals surface area contributed by atoms with Crippen LogP contribution in [0.5, 0.6) is 0 Å². The van der Waals surface area contributed by atoms with Crippen molar-refractivity contribution >= 4 is 23.2 Å². The van der Waals surface area contributed by atoms with Crippen LogP contribution in [0, 0.1) is 0 Å². The standard InChI is InChI=1S/C13H18N4OS/c1-13(2,3)10-9(19-4)12-15-14-11(17(12)16-10)8-6-5-7-18-8/h6,16H,5,7H2,1-4H3. The molecule has 6 heteroatoms. The zero-order chi connectivity index (χ0) is 13.6. The fourth-order valence-corrected chi connectivity index (χ4v) is 3.12. The minimum Gasteiger partial charge on any atom is -0.490 e. The van der Waals surface area contributed by atoms with Gasteiger partial charge in [-0.1, -0.05) is 20.8 Å². The first kappa shape index (κ1) is 12.6. The van der Waals surface area contributed by atoms with Crippen LogP contribution in [0.2, 0.25) is 0 Å². The van der Waals surface area contributed by atoms with E-state index in [-0.39, 0.29) is 5.41 Å². The predicted molar refractivity (Wildman–Crippen MR) is 76.4 cm³/mol. The van der Waals surface area contributed by atoms with Crippen molar-refractivity contribution in [3.63, 3.8) is 0 Å². The summed E-state index contributed by atoms with van der Waals surface area (Å²) < 4.78 is 7.52. The second-order valence-corrected chi connectivity index (χ2v) is 6.47. The number of H-pyrrole nitrogens is 1. The second-order valence-electron chi connectivity index (χ2n) is 5.66. The molecule has 3 rings (SSSR count). The molecule has 0 atom stereocenters. The Hall–Kier alpha value is -1.43. The zero-order valence-electron chi connectivity index (χ0n) is 11.6. The predicted octanol–water partition coefficient (Wildman–Crippen LogP) is 2.84. The molecule has 0 aliphatic carbocycles. The lowest BCUT2D eigenvalue weighted by molar-refractivity contribution is 0.304. The molecule has 0 unspecified atom stereocenters. The third-order valence-corrected chi connectivity index (χ3v) is 3.99. The Kier molecular flexibility index (Phi) is 2.85. The summed E-state index contributed by atoms with van der Waals surface area (Å²) >= 11 is 1.70. The maximum atomic E-state index is 5.58. The van der Waals surface area contributed by atoms with E-state index in [0.717, 1.165) is 35.2 Å². The Bertz CT molecular complexity index is 647. The van der Waals surface area contributed by atoms with Crippen LogP contribution in [0.15, 0.2) is 11.0 Å². The molecule has 19 heavy (non-hydrogen) atoms. The van der Waals surface area contributed by atoms with Gasteiger partial charge in [-0.3, -0.25) is 5.10 Å². The van der Waals surface area contributed by atoms with Gasteiger partial charge in [0.05, 0.1) is 17.2 Å². The highest BCUT2D eigenvalue weighted by Crippen LogP contribution is 2.34. The van der Waals surface area contributed by atoms with Crippen LogP contribution >= 0.6 is 11.8 Å². The van der Waals surface area contributed by atoms with Gasteiger partial charge in [0.15, 0.2) is 11.4 Å². The van der Waals surface area contributed by atoms with Crippen LogP contribution < -0.4 is 0 Å². The van der Waals surface area contributed by atoms with E-state index in [1.165, 1.54) is 5.69 Å². The molecule has 0 saturated carbocycles. The summed E-state index contributed by atoms with van der Waals surface area (Å²) in [6.07, 6.45) is 5.07. The number of aromatic amines is 1. The van der Waals surface area contributed by atoms with E-state index in [4.69, 9.17) is 4.74 Å². The van der Waals surface area contributed by atoms with Crippen molar-refractivity contribution in [1.29, 1.82) is 0 Å². The Morgan fingerprint density at radius 2 is 2.16 bits per heavy atom. The van der Waals surface area contributed by atoms with Gasteiger partial charge in [-0.2, -0.15) is 0 Å². The number of aromatic nitrogens is 4. The number of fused-ring (bicyclic) bond motifs is 1. The zero-order valence-corrected chi connectivity index (χ0v) is 12.5. The summed E-state index contributed by atoms with van der Waals surface area (Å²) in [5.41, 5.74) is 2.11. The molecule has 1 aliphatic rings. The molecule has 0 fully saturated rings. The lowest BCUT2D eigenvalue weighted by atomic mass is 9.92. The van der Waals surface area contributed by atoms with Crippen molar-refractivity contribution in [2.75, 3.05) is 12.9 Å². The lowest BCUT2D eigenvalue weighted by Gasteiger charge is -2.17. The van der Waals surface area contributed by atoms with E-state index in [1.807, 2.05) is 4.52 Å². The van der Waals surface area contributed by atoms with Crippen molar-refractivity contribution in [1.82, 2.24) is 19.8 Å². The Morgan fingerprint density at radius 1 is 1.37 bits per heavy atom. The number of hydrogen-bond donors (Lipinski definition) is 1. The number of hydrogen-bond acceptors (Lipinski definition) is 4. The number of thioether (sulfide) groups is 1. The molecule has 1 aliphatic heterocycles. The number of nitrogens with zero attached hydrogens (tertiary/aromatic N) is 3. The molecule has 0 aromatic carbocycles. The van der Waals surface area contributed by atoms with Crippen LogP contribution in [0.3, 0.4) is 0 Å². The van der Waals surface area contributed by atoms with Crippen molar-refractivity contribution in [2.45, 2.75) is 37.5 Å². The van der Waals surface area contributed by atoms with Gasteiger partial charge < -0.3 is 4.74 Å². The van der Waals surface area contributed by atoms with E-state index in [9.17, 15) is 0 Å². The van der Waals surface area contributed by atoms with Crippen molar-refractivity contribution in [3.8, 4) is 0 Å². The van der Waals surface area contributed by atoms with Crippen LogP contribution in [0.1, 0.15) is 38.7 Å². The SMILES string of the molecule is CSc1c(C(C)(C)C)[nH]n2c(C3=CCCO3)nnc12. The molecule has 2 aromatic rings. The molecular weight excluding hydrogens is 260 g/mol.